The highest BCUT2D eigenvalue weighted by Crippen LogP contribution is 2.45. The van der Waals surface area contributed by atoms with Crippen LogP contribution in [0.1, 0.15) is 62.8 Å². The first-order chi connectivity index (χ1) is 11.3. The highest BCUT2D eigenvalue weighted by Gasteiger charge is 2.32. The maximum Gasteiger partial charge on any atom is 0.127 e. The minimum Gasteiger partial charge on any atom is -0.507 e. The van der Waals surface area contributed by atoms with E-state index < -0.39 is 0 Å². The average Bonchev–Trinajstić information content (AvgIpc) is 2.50. The van der Waals surface area contributed by atoms with Crippen LogP contribution in [0.3, 0.4) is 0 Å². The molecule has 0 atom stereocenters. The average molecular weight is 349 g/mol. The van der Waals surface area contributed by atoms with E-state index in [2.05, 4.69) is 41.2 Å². The van der Waals surface area contributed by atoms with Crippen molar-refractivity contribution in [1.82, 2.24) is 0 Å². The molecule has 2 nitrogen and oxygen atoms in total. The molecule has 1 heterocycles. The van der Waals surface area contributed by atoms with Gasteiger partial charge in [0.2, 0.25) is 0 Å². The van der Waals surface area contributed by atoms with Gasteiger partial charge in [-0.3, -0.25) is 0 Å². The van der Waals surface area contributed by atoms with Gasteiger partial charge in [0.1, 0.15) is 17.1 Å². The van der Waals surface area contributed by atoms with Gasteiger partial charge in [0.15, 0.2) is 0 Å². The molecule has 0 unspecified atom stereocenters. The van der Waals surface area contributed by atoms with Crippen LogP contribution in [-0.4, -0.2) is 16.5 Å². The van der Waals surface area contributed by atoms with Crippen molar-refractivity contribution in [1.29, 1.82) is 0 Å². The van der Waals surface area contributed by atoms with Crippen LogP contribution in [0.4, 0.5) is 0 Å². The largest absolute Gasteiger partial charge is 0.507 e. The minimum absolute atomic E-state index is 0.129. The Kier molecular flexibility index (Phi) is 6.30. The number of phenols is 1. The molecule has 1 aliphatic heterocycles. The number of ether oxygens (including phenoxy) is 1. The molecule has 0 aliphatic carbocycles. The van der Waals surface area contributed by atoms with Gasteiger partial charge in [-0.1, -0.05) is 19.9 Å². The van der Waals surface area contributed by atoms with Crippen molar-refractivity contribution in [2.45, 2.75) is 71.7 Å². The second-order valence-corrected chi connectivity index (χ2v) is 8.87. The molecule has 0 saturated heterocycles. The number of fused-ring (bicyclic) bond motifs is 1. The summed E-state index contributed by atoms with van der Waals surface area (Å²) in [7, 11) is 0. The zero-order valence-corrected chi connectivity index (χ0v) is 16.7. The van der Waals surface area contributed by atoms with Crippen LogP contribution in [0.25, 0.3) is 0 Å². The summed E-state index contributed by atoms with van der Waals surface area (Å²) in [5.74, 6) is 3.87. The molecule has 1 N–H and O–H groups in total. The van der Waals surface area contributed by atoms with Gasteiger partial charge in [-0.2, -0.15) is 11.8 Å². The van der Waals surface area contributed by atoms with E-state index in [1.54, 1.807) is 11.8 Å². The van der Waals surface area contributed by atoms with E-state index in [1.165, 1.54) is 5.56 Å². The van der Waals surface area contributed by atoms with Gasteiger partial charge in [-0.05, 0) is 57.9 Å². The van der Waals surface area contributed by atoms with Gasteiger partial charge in [0.25, 0.3) is 0 Å². The summed E-state index contributed by atoms with van der Waals surface area (Å²) in [5, 5.41) is 11.0. The van der Waals surface area contributed by atoms with E-state index in [9.17, 15) is 5.11 Å². The fourth-order valence-electron chi connectivity index (χ4n) is 3.30. The molecular weight excluding hydrogens is 316 g/mol. The zero-order chi connectivity index (χ0) is 17.9. The predicted molar refractivity (Wildman–Crippen MR) is 105 cm³/mol. The number of hydrogen-bond acceptors (Lipinski definition) is 3. The molecule has 134 valence electrons. The van der Waals surface area contributed by atoms with E-state index in [-0.39, 0.29) is 5.60 Å². The van der Waals surface area contributed by atoms with Gasteiger partial charge in [0, 0.05) is 28.2 Å². The number of rotatable bonds is 7. The molecule has 3 heteroatoms. The van der Waals surface area contributed by atoms with Crippen LogP contribution < -0.4 is 4.74 Å². The quantitative estimate of drug-likeness (QED) is 0.498. The lowest BCUT2D eigenvalue weighted by molar-refractivity contribution is 0.0830. The van der Waals surface area contributed by atoms with Crippen molar-refractivity contribution >= 4 is 11.8 Å². The molecule has 0 fully saturated rings. The molecule has 0 saturated carbocycles. The van der Waals surface area contributed by atoms with E-state index in [0.29, 0.717) is 11.7 Å². The zero-order valence-electron chi connectivity index (χ0n) is 15.9. The van der Waals surface area contributed by atoms with Gasteiger partial charge in [-0.25, -0.2) is 0 Å². The van der Waals surface area contributed by atoms with E-state index in [1.807, 2.05) is 6.08 Å². The van der Waals surface area contributed by atoms with Gasteiger partial charge < -0.3 is 9.84 Å². The Morgan fingerprint density at radius 2 is 2.04 bits per heavy atom. The molecule has 1 aromatic carbocycles. The summed E-state index contributed by atoms with van der Waals surface area (Å²) in [5.41, 5.74) is 4.38. The maximum absolute atomic E-state index is 11.0. The second kappa shape index (κ2) is 7.86. The number of hydrogen-bond donors (Lipinski definition) is 1. The predicted octanol–water partition coefficient (Wildman–Crippen LogP) is 5.81. The van der Waals surface area contributed by atoms with Crippen molar-refractivity contribution in [2.24, 2.45) is 5.92 Å². The van der Waals surface area contributed by atoms with Crippen molar-refractivity contribution in [2.75, 3.05) is 5.75 Å². The van der Waals surface area contributed by atoms with Crippen molar-refractivity contribution in [3.63, 3.8) is 0 Å². The molecule has 24 heavy (non-hydrogen) atoms. The fraction of sp³-hybridized carbons (Fsp3) is 0.619. The lowest BCUT2D eigenvalue weighted by Crippen LogP contribution is -2.33. The molecule has 0 bridgehead atoms. The molecule has 1 aromatic rings. The van der Waals surface area contributed by atoms with Crippen LogP contribution >= 0.6 is 11.8 Å². The monoisotopic (exact) mass is 348 g/mol. The summed E-state index contributed by atoms with van der Waals surface area (Å²) < 4.78 is 6.36. The van der Waals surface area contributed by atoms with Crippen molar-refractivity contribution in [3.8, 4) is 11.5 Å². The molecule has 0 aromatic heterocycles. The third-order valence-electron chi connectivity index (χ3n) is 4.81. The molecule has 0 amide bonds. The molecule has 0 spiro atoms. The molecule has 1 aliphatic rings. The van der Waals surface area contributed by atoms with Crippen molar-refractivity contribution < 1.29 is 9.84 Å². The third kappa shape index (κ3) is 4.30. The Morgan fingerprint density at radius 1 is 1.33 bits per heavy atom. The molecule has 2 rings (SSSR count). The first-order valence-corrected chi connectivity index (χ1v) is 10.2. The van der Waals surface area contributed by atoms with Crippen LogP contribution in [0, 0.1) is 12.8 Å². The lowest BCUT2D eigenvalue weighted by atomic mass is 9.86. The van der Waals surface area contributed by atoms with E-state index in [0.717, 1.165) is 59.6 Å². The van der Waals surface area contributed by atoms with Crippen LogP contribution in [-0.2, 0) is 18.6 Å². The number of benzene rings is 1. The Balaban J connectivity index is 2.48. The highest BCUT2D eigenvalue weighted by atomic mass is 32.2. The maximum atomic E-state index is 11.0. The highest BCUT2D eigenvalue weighted by molar-refractivity contribution is 7.98. The second-order valence-electron chi connectivity index (χ2n) is 7.84. The summed E-state index contributed by atoms with van der Waals surface area (Å²) in [4.78, 5) is 0. The number of phenolic OH excluding ortho intramolecular Hbond substituents is 1. The third-order valence-corrected chi connectivity index (χ3v) is 5.78. The lowest BCUT2D eigenvalue weighted by Gasteiger charge is -2.36. The van der Waals surface area contributed by atoms with E-state index >= 15 is 0 Å². The first-order valence-electron chi connectivity index (χ1n) is 9.00. The van der Waals surface area contributed by atoms with Crippen molar-refractivity contribution in [3.05, 3.63) is 34.9 Å². The molecule has 0 radical (unpaired) electrons. The summed E-state index contributed by atoms with van der Waals surface area (Å²) in [6.45, 7) is 14.7. The fourth-order valence-corrected chi connectivity index (χ4v) is 4.10. The van der Waals surface area contributed by atoms with Crippen LogP contribution in [0.5, 0.6) is 11.5 Å². The van der Waals surface area contributed by atoms with Gasteiger partial charge >= 0.3 is 0 Å². The number of thioether (sulfide) groups is 1. The van der Waals surface area contributed by atoms with Gasteiger partial charge in [0.05, 0.1) is 0 Å². The summed E-state index contributed by atoms with van der Waals surface area (Å²) in [6, 6.07) is 0. The van der Waals surface area contributed by atoms with Gasteiger partial charge in [-0.15, -0.1) is 6.58 Å². The smallest absolute Gasteiger partial charge is 0.127 e. The van der Waals surface area contributed by atoms with Crippen LogP contribution in [0.2, 0.25) is 0 Å². The normalized spacial score (nSPS) is 15.9. The Morgan fingerprint density at radius 3 is 2.67 bits per heavy atom. The number of aromatic hydroxyl groups is 1. The standard InChI is InChI=1S/C21H32O2S/c1-7-12-24-13-18-17-10-11-21(5,6)23-20(17)15(4)16(19(18)22)9-8-14(2)3/h7,14,22H,1,8-13H2,2-6H3. The Labute approximate surface area is 151 Å². The Hall–Kier alpha value is -1.09. The summed E-state index contributed by atoms with van der Waals surface area (Å²) in [6.07, 6.45) is 5.87. The minimum atomic E-state index is -0.129. The molecular formula is C21H32O2S. The van der Waals surface area contributed by atoms with Crippen LogP contribution in [0.15, 0.2) is 12.7 Å². The topological polar surface area (TPSA) is 29.5 Å². The van der Waals surface area contributed by atoms with E-state index in [4.69, 9.17) is 4.74 Å². The SMILES string of the molecule is C=CCSCc1c(O)c(CCC(C)C)c(C)c2c1CCC(C)(C)O2. The Bertz CT molecular complexity index is 603. The first kappa shape index (κ1) is 19.2. The summed E-state index contributed by atoms with van der Waals surface area (Å²) >= 11 is 1.80.